The van der Waals surface area contributed by atoms with Crippen molar-refractivity contribution in [3.63, 3.8) is 0 Å². The summed E-state index contributed by atoms with van der Waals surface area (Å²) in [6, 6.07) is 0. The average Bonchev–Trinajstić information content (AvgIpc) is 1.79. The monoisotopic (exact) mass is 168 g/mol. The van der Waals surface area contributed by atoms with Gasteiger partial charge in [0.05, 0.1) is 5.92 Å². The fourth-order valence-corrected chi connectivity index (χ4v) is 1.19. The van der Waals surface area contributed by atoms with Crippen molar-refractivity contribution in [2.75, 3.05) is 0 Å². The predicted octanol–water partition coefficient (Wildman–Crippen LogP) is 3.62. The van der Waals surface area contributed by atoms with Crippen LogP contribution in [0.2, 0.25) is 0 Å². The molecule has 0 bridgehead atoms. The van der Waals surface area contributed by atoms with E-state index in [1.807, 2.05) is 0 Å². The normalized spacial score (nSPS) is 15.5. The summed E-state index contributed by atoms with van der Waals surface area (Å²) < 4.78 is 36.5. The summed E-state index contributed by atoms with van der Waals surface area (Å²) in [6.07, 6.45) is -3.16. The first kappa shape index (κ1) is 10.8. The lowest BCUT2D eigenvalue weighted by atomic mass is 9.91. The largest absolute Gasteiger partial charge is 0.392 e. The maximum absolute atomic E-state index is 12.2. The molecule has 0 aliphatic heterocycles. The Hall–Kier alpha value is -0.210. The van der Waals surface area contributed by atoms with Crippen LogP contribution in [0.25, 0.3) is 0 Å². The van der Waals surface area contributed by atoms with Crippen LogP contribution in [-0.2, 0) is 0 Å². The molecule has 0 spiro atoms. The van der Waals surface area contributed by atoms with Crippen LogP contribution in [0.15, 0.2) is 0 Å². The second-order valence-electron chi connectivity index (χ2n) is 3.18. The second-order valence-corrected chi connectivity index (χ2v) is 3.18. The molecule has 0 aromatic heterocycles. The number of rotatable bonds is 3. The zero-order chi connectivity index (χ0) is 9.07. The van der Waals surface area contributed by atoms with Crippen molar-refractivity contribution in [3.8, 4) is 0 Å². The Morgan fingerprint density at radius 3 is 1.73 bits per heavy atom. The quantitative estimate of drug-likeness (QED) is 0.603. The lowest BCUT2D eigenvalue weighted by Gasteiger charge is -2.22. The van der Waals surface area contributed by atoms with Crippen LogP contribution in [0.1, 0.15) is 33.6 Å². The zero-order valence-electron chi connectivity index (χ0n) is 7.20. The molecule has 1 atom stereocenters. The molecule has 68 valence electrons. The highest BCUT2D eigenvalue weighted by Crippen LogP contribution is 2.34. The van der Waals surface area contributed by atoms with E-state index in [-0.39, 0.29) is 12.3 Å². The van der Waals surface area contributed by atoms with Gasteiger partial charge in [-0.2, -0.15) is 13.2 Å². The van der Waals surface area contributed by atoms with E-state index in [4.69, 9.17) is 0 Å². The fourth-order valence-electron chi connectivity index (χ4n) is 1.19. The summed E-state index contributed by atoms with van der Waals surface area (Å²) in [6.45, 7) is 5.02. The van der Waals surface area contributed by atoms with Crippen LogP contribution in [0, 0.1) is 11.8 Å². The molecule has 0 rings (SSSR count). The van der Waals surface area contributed by atoms with Crippen molar-refractivity contribution < 1.29 is 13.2 Å². The molecule has 0 radical (unpaired) electrons. The van der Waals surface area contributed by atoms with Gasteiger partial charge in [-0.1, -0.05) is 27.2 Å². The van der Waals surface area contributed by atoms with Gasteiger partial charge in [0.25, 0.3) is 0 Å². The Balaban J connectivity index is 4.10. The number of hydrogen-bond donors (Lipinski definition) is 0. The Morgan fingerprint density at radius 1 is 1.18 bits per heavy atom. The highest BCUT2D eigenvalue weighted by Gasteiger charge is 2.40. The van der Waals surface area contributed by atoms with Gasteiger partial charge in [0, 0.05) is 0 Å². The average molecular weight is 168 g/mol. The van der Waals surface area contributed by atoms with Gasteiger partial charge in [-0.05, 0) is 12.3 Å². The van der Waals surface area contributed by atoms with Crippen LogP contribution in [-0.4, -0.2) is 6.18 Å². The van der Waals surface area contributed by atoms with Crippen molar-refractivity contribution >= 4 is 0 Å². The molecule has 0 fully saturated rings. The van der Waals surface area contributed by atoms with Gasteiger partial charge in [0.2, 0.25) is 0 Å². The third kappa shape index (κ3) is 3.63. The van der Waals surface area contributed by atoms with Crippen LogP contribution < -0.4 is 0 Å². The summed E-state index contributed by atoms with van der Waals surface area (Å²) in [5.74, 6) is -1.41. The van der Waals surface area contributed by atoms with Crippen LogP contribution in [0.4, 0.5) is 13.2 Å². The minimum atomic E-state index is -4.01. The van der Waals surface area contributed by atoms with E-state index in [0.717, 1.165) is 0 Å². The van der Waals surface area contributed by atoms with Crippen LogP contribution in [0.3, 0.4) is 0 Å². The topological polar surface area (TPSA) is 0 Å². The summed E-state index contributed by atoms with van der Waals surface area (Å²) in [7, 11) is 0. The minimum Gasteiger partial charge on any atom is -0.171 e. The molecule has 0 heterocycles. The van der Waals surface area contributed by atoms with Gasteiger partial charge in [-0.25, -0.2) is 0 Å². The molecule has 0 saturated carbocycles. The van der Waals surface area contributed by atoms with E-state index in [1.165, 1.54) is 0 Å². The van der Waals surface area contributed by atoms with Gasteiger partial charge in [0.1, 0.15) is 0 Å². The van der Waals surface area contributed by atoms with Crippen molar-refractivity contribution in [2.24, 2.45) is 11.8 Å². The Morgan fingerprint density at radius 2 is 1.64 bits per heavy atom. The molecule has 0 N–H and O–H groups in total. The van der Waals surface area contributed by atoms with Gasteiger partial charge < -0.3 is 0 Å². The molecule has 0 aromatic carbocycles. The van der Waals surface area contributed by atoms with Gasteiger partial charge >= 0.3 is 6.18 Å². The van der Waals surface area contributed by atoms with E-state index < -0.39 is 12.1 Å². The summed E-state index contributed by atoms with van der Waals surface area (Å²) in [4.78, 5) is 0. The van der Waals surface area contributed by atoms with Crippen molar-refractivity contribution in [1.82, 2.24) is 0 Å². The van der Waals surface area contributed by atoms with Gasteiger partial charge in [0.15, 0.2) is 0 Å². The molecule has 0 aliphatic carbocycles. The number of hydrogen-bond acceptors (Lipinski definition) is 0. The zero-order valence-corrected chi connectivity index (χ0v) is 7.20. The molecule has 0 nitrogen and oxygen atoms in total. The molecule has 0 saturated heterocycles. The van der Waals surface area contributed by atoms with E-state index >= 15 is 0 Å². The van der Waals surface area contributed by atoms with E-state index in [9.17, 15) is 13.2 Å². The Labute approximate surface area is 65.8 Å². The maximum Gasteiger partial charge on any atom is 0.392 e. The van der Waals surface area contributed by atoms with E-state index in [2.05, 4.69) is 0 Å². The Bertz CT molecular complexity index is 104. The molecule has 0 amide bonds. The predicted molar refractivity (Wildman–Crippen MR) is 39.3 cm³/mol. The molecule has 0 aromatic rings. The van der Waals surface area contributed by atoms with Crippen molar-refractivity contribution in [3.05, 3.63) is 0 Å². The summed E-state index contributed by atoms with van der Waals surface area (Å²) >= 11 is 0. The molecular formula is C8H15F3. The van der Waals surface area contributed by atoms with E-state index in [0.29, 0.717) is 6.42 Å². The molecule has 0 aliphatic rings. The molecular weight excluding hydrogens is 153 g/mol. The number of halogens is 3. The first-order chi connectivity index (χ1) is 4.89. The van der Waals surface area contributed by atoms with Gasteiger partial charge in [-0.3, -0.25) is 0 Å². The van der Waals surface area contributed by atoms with Crippen LogP contribution >= 0.6 is 0 Å². The minimum absolute atomic E-state index is 0.251. The molecule has 11 heavy (non-hydrogen) atoms. The maximum atomic E-state index is 12.2. The fraction of sp³-hybridized carbons (Fsp3) is 1.00. The third-order valence-corrected chi connectivity index (χ3v) is 1.82. The van der Waals surface area contributed by atoms with Gasteiger partial charge in [-0.15, -0.1) is 0 Å². The highest BCUT2D eigenvalue weighted by atomic mass is 19.4. The Kier molecular flexibility index (Phi) is 3.90. The molecule has 3 heteroatoms. The van der Waals surface area contributed by atoms with Crippen LogP contribution in [0.5, 0.6) is 0 Å². The molecule has 0 unspecified atom stereocenters. The lowest BCUT2D eigenvalue weighted by Crippen LogP contribution is -2.27. The summed E-state index contributed by atoms with van der Waals surface area (Å²) in [5, 5.41) is 0. The first-order valence-corrected chi connectivity index (χ1v) is 3.96. The smallest absolute Gasteiger partial charge is 0.171 e. The SMILES string of the molecule is CCC[C@@H](C(C)C)C(F)(F)F. The van der Waals surface area contributed by atoms with E-state index in [1.54, 1.807) is 20.8 Å². The highest BCUT2D eigenvalue weighted by molar-refractivity contribution is 4.70. The second kappa shape index (κ2) is 3.98. The standard InChI is InChI=1S/C8H15F3/c1-4-5-7(6(2)3)8(9,10)11/h6-7H,4-5H2,1-3H3/t7-/m0/s1. The number of alkyl halides is 3. The lowest BCUT2D eigenvalue weighted by molar-refractivity contribution is -0.187. The van der Waals surface area contributed by atoms with Crippen molar-refractivity contribution in [1.29, 1.82) is 0 Å². The third-order valence-electron chi connectivity index (χ3n) is 1.82. The van der Waals surface area contributed by atoms with Crippen molar-refractivity contribution in [2.45, 2.75) is 39.8 Å². The summed E-state index contributed by atoms with van der Waals surface area (Å²) in [5.41, 5.74) is 0. The first-order valence-electron chi connectivity index (χ1n) is 3.96.